The third-order valence-corrected chi connectivity index (χ3v) is 2.07. The van der Waals surface area contributed by atoms with E-state index in [-0.39, 0.29) is 5.91 Å². The van der Waals surface area contributed by atoms with Gasteiger partial charge in [-0.25, -0.2) is 4.79 Å². The SMILES string of the molecule is CC(NC(=O)NC1CCNC1=O)C(=O)O. The first-order chi connectivity index (χ1) is 7.00. The van der Waals surface area contributed by atoms with Crippen LogP contribution in [-0.4, -0.2) is 41.6 Å². The molecule has 0 radical (unpaired) electrons. The van der Waals surface area contributed by atoms with Crippen LogP contribution in [0.2, 0.25) is 0 Å². The van der Waals surface area contributed by atoms with Crippen molar-refractivity contribution in [3.8, 4) is 0 Å². The molecule has 0 bridgehead atoms. The molecule has 7 heteroatoms. The van der Waals surface area contributed by atoms with Crippen LogP contribution in [0.25, 0.3) is 0 Å². The number of carbonyl (C=O) groups is 3. The highest BCUT2D eigenvalue weighted by atomic mass is 16.4. The van der Waals surface area contributed by atoms with Gasteiger partial charge in [0.25, 0.3) is 0 Å². The smallest absolute Gasteiger partial charge is 0.325 e. The van der Waals surface area contributed by atoms with Gasteiger partial charge in [-0.1, -0.05) is 0 Å². The van der Waals surface area contributed by atoms with Gasteiger partial charge in [0.15, 0.2) is 0 Å². The summed E-state index contributed by atoms with van der Waals surface area (Å²) >= 11 is 0. The predicted molar refractivity (Wildman–Crippen MR) is 50.2 cm³/mol. The molecular formula is C8H13N3O4. The van der Waals surface area contributed by atoms with Crippen LogP contribution in [-0.2, 0) is 9.59 Å². The number of urea groups is 1. The minimum Gasteiger partial charge on any atom is -0.480 e. The van der Waals surface area contributed by atoms with Gasteiger partial charge in [0, 0.05) is 6.54 Å². The van der Waals surface area contributed by atoms with Crippen LogP contribution in [0, 0.1) is 0 Å². The molecule has 1 saturated heterocycles. The number of amides is 3. The van der Waals surface area contributed by atoms with Crippen molar-refractivity contribution in [2.24, 2.45) is 0 Å². The van der Waals surface area contributed by atoms with Crippen LogP contribution in [0.1, 0.15) is 13.3 Å². The second kappa shape index (κ2) is 4.63. The molecule has 1 aliphatic heterocycles. The minimum absolute atomic E-state index is 0.242. The Bertz CT molecular complexity index is 292. The van der Waals surface area contributed by atoms with Gasteiger partial charge in [-0.3, -0.25) is 9.59 Å². The van der Waals surface area contributed by atoms with Gasteiger partial charge in [0.05, 0.1) is 0 Å². The molecule has 2 atom stereocenters. The van der Waals surface area contributed by atoms with E-state index in [0.29, 0.717) is 13.0 Å². The lowest BCUT2D eigenvalue weighted by Crippen LogP contribution is -2.49. The molecule has 4 N–H and O–H groups in total. The number of hydrogen-bond acceptors (Lipinski definition) is 3. The summed E-state index contributed by atoms with van der Waals surface area (Å²) in [5.74, 6) is -1.37. The fraction of sp³-hybridized carbons (Fsp3) is 0.625. The fourth-order valence-electron chi connectivity index (χ4n) is 1.19. The monoisotopic (exact) mass is 215 g/mol. The van der Waals surface area contributed by atoms with E-state index in [2.05, 4.69) is 16.0 Å². The van der Waals surface area contributed by atoms with Crippen molar-refractivity contribution in [1.29, 1.82) is 0 Å². The standard InChI is InChI=1S/C8H13N3O4/c1-4(7(13)14)10-8(15)11-5-2-3-9-6(5)12/h4-5H,2-3H2,1H3,(H,9,12)(H,13,14)(H2,10,11,15). The third-order valence-electron chi connectivity index (χ3n) is 2.07. The topological polar surface area (TPSA) is 108 Å². The molecule has 3 amide bonds. The van der Waals surface area contributed by atoms with Gasteiger partial charge in [0.1, 0.15) is 12.1 Å². The lowest BCUT2D eigenvalue weighted by Gasteiger charge is -2.13. The molecule has 84 valence electrons. The zero-order valence-electron chi connectivity index (χ0n) is 8.24. The number of rotatable bonds is 3. The molecule has 1 aliphatic rings. The Labute approximate surface area is 86.2 Å². The Hall–Kier alpha value is -1.79. The highest BCUT2D eigenvalue weighted by molar-refractivity contribution is 5.89. The van der Waals surface area contributed by atoms with Crippen LogP contribution in [0.4, 0.5) is 4.79 Å². The predicted octanol–water partition coefficient (Wildman–Crippen LogP) is -1.35. The summed E-state index contributed by atoms with van der Waals surface area (Å²) in [6, 6.07) is -2.19. The fourth-order valence-corrected chi connectivity index (χ4v) is 1.19. The Kier molecular flexibility index (Phi) is 3.48. The maximum absolute atomic E-state index is 11.2. The van der Waals surface area contributed by atoms with Crippen LogP contribution < -0.4 is 16.0 Å². The molecule has 1 heterocycles. The number of carboxylic acid groups (broad SMARTS) is 1. The van der Waals surface area contributed by atoms with Crippen molar-refractivity contribution in [1.82, 2.24) is 16.0 Å². The van der Waals surface area contributed by atoms with Crippen LogP contribution in [0.15, 0.2) is 0 Å². The van der Waals surface area contributed by atoms with Crippen molar-refractivity contribution in [3.05, 3.63) is 0 Å². The number of carbonyl (C=O) groups excluding carboxylic acids is 2. The molecule has 0 aliphatic carbocycles. The Morgan fingerprint density at radius 1 is 1.60 bits per heavy atom. The second-order valence-corrected chi connectivity index (χ2v) is 3.31. The van der Waals surface area contributed by atoms with E-state index in [1.165, 1.54) is 6.92 Å². The molecule has 1 fully saturated rings. The highest BCUT2D eigenvalue weighted by Gasteiger charge is 2.26. The normalized spacial score (nSPS) is 21.7. The molecule has 1 rings (SSSR count). The molecule has 0 spiro atoms. The third kappa shape index (κ3) is 3.12. The Morgan fingerprint density at radius 3 is 2.73 bits per heavy atom. The zero-order valence-corrected chi connectivity index (χ0v) is 8.24. The van der Waals surface area contributed by atoms with E-state index < -0.39 is 24.1 Å². The molecule has 0 aromatic rings. The molecule has 0 saturated carbocycles. The van der Waals surface area contributed by atoms with E-state index in [0.717, 1.165) is 0 Å². The second-order valence-electron chi connectivity index (χ2n) is 3.31. The van der Waals surface area contributed by atoms with E-state index in [1.807, 2.05) is 0 Å². The highest BCUT2D eigenvalue weighted by Crippen LogP contribution is 1.98. The number of nitrogens with one attached hydrogen (secondary N) is 3. The first-order valence-corrected chi connectivity index (χ1v) is 4.58. The molecule has 2 unspecified atom stereocenters. The van der Waals surface area contributed by atoms with E-state index in [4.69, 9.17) is 5.11 Å². The minimum atomic E-state index is -1.12. The van der Waals surface area contributed by atoms with E-state index >= 15 is 0 Å². The largest absolute Gasteiger partial charge is 0.480 e. The molecule has 15 heavy (non-hydrogen) atoms. The van der Waals surface area contributed by atoms with Crippen molar-refractivity contribution in [2.75, 3.05) is 6.54 Å². The molecular weight excluding hydrogens is 202 g/mol. The van der Waals surface area contributed by atoms with Gasteiger partial charge in [-0.15, -0.1) is 0 Å². The first kappa shape index (κ1) is 11.3. The van der Waals surface area contributed by atoms with Crippen LogP contribution >= 0.6 is 0 Å². The lowest BCUT2D eigenvalue weighted by molar-refractivity contribution is -0.138. The van der Waals surface area contributed by atoms with Gasteiger partial charge >= 0.3 is 12.0 Å². The lowest BCUT2D eigenvalue weighted by atomic mass is 10.2. The Morgan fingerprint density at radius 2 is 2.27 bits per heavy atom. The summed E-state index contributed by atoms with van der Waals surface area (Å²) in [5, 5.41) is 15.7. The van der Waals surface area contributed by atoms with Crippen molar-refractivity contribution >= 4 is 17.9 Å². The zero-order chi connectivity index (χ0) is 11.4. The van der Waals surface area contributed by atoms with E-state index in [1.54, 1.807) is 0 Å². The van der Waals surface area contributed by atoms with Gasteiger partial charge in [-0.05, 0) is 13.3 Å². The summed E-state index contributed by atoms with van der Waals surface area (Å²) in [6.45, 7) is 1.87. The maximum atomic E-state index is 11.2. The molecule has 0 aromatic heterocycles. The van der Waals surface area contributed by atoms with Crippen LogP contribution in [0.5, 0.6) is 0 Å². The summed E-state index contributed by atoms with van der Waals surface area (Å²) in [5.41, 5.74) is 0. The average Bonchev–Trinajstić information content (AvgIpc) is 2.51. The maximum Gasteiger partial charge on any atom is 0.325 e. The Balaban J connectivity index is 2.35. The van der Waals surface area contributed by atoms with Gasteiger partial charge < -0.3 is 21.1 Å². The number of aliphatic carboxylic acids is 1. The van der Waals surface area contributed by atoms with Gasteiger partial charge in [0.2, 0.25) is 5.91 Å². The van der Waals surface area contributed by atoms with Crippen molar-refractivity contribution < 1.29 is 19.5 Å². The average molecular weight is 215 g/mol. The van der Waals surface area contributed by atoms with Crippen molar-refractivity contribution in [3.63, 3.8) is 0 Å². The summed E-state index contributed by atoms with van der Waals surface area (Å²) in [4.78, 5) is 32.7. The molecule has 0 aromatic carbocycles. The van der Waals surface area contributed by atoms with Gasteiger partial charge in [-0.2, -0.15) is 0 Å². The molecule has 7 nitrogen and oxygen atoms in total. The quantitative estimate of drug-likeness (QED) is 0.466. The number of carboxylic acids is 1. The summed E-state index contributed by atoms with van der Waals surface area (Å²) in [7, 11) is 0. The summed E-state index contributed by atoms with van der Waals surface area (Å²) in [6.07, 6.45) is 0.522. The summed E-state index contributed by atoms with van der Waals surface area (Å²) < 4.78 is 0. The first-order valence-electron chi connectivity index (χ1n) is 4.58. The van der Waals surface area contributed by atoms with E-state index in [9.17, 15) is 14.4 Å². The van der Waals surface area contributed by atoms with Crippen LogP contribution in [0.3, 0.4) is 0 Å². The van der Waals surface area contributed by atoms with Crippen molar-refractivity contribution in [2.45, 2.75) is 25.4 Å². The number of hydrogen-bond donors (Lipinski definition) is 4.